The van der Waals surface area contributed by atoms with Crippen LogP contribution < -0.4 is 4.90 Å². The zero-order valence-electron chi connectivity index (χ0n) is 23.4. The van der Waals surface area contributed by atoms with Gasteiger partial charge in [-0.3, -0.25) is 19.2 Å². The number of aromatic amines is 1. The molecule has 0 saturated carbocycles. The zero-order chi connectivity index (χ0) is 28.5. The Hall–Kier alpha value is -4.80. The molecule has 0 radical (unpaired) electrons. The van der Waals surface area contributed by atoms with Crippen LogP contribution in [0.25, 0.3) is 33.7 Å². The van der Waals surface area contributed by atoms with Crippen molar-refractivity contribution >= 4 is 28.9 Å². The summed E-state index contributed by atoms with van der Waals surface area (Å²) in [6.45, 7) is 5.66. The second kappa shape index (κ2) is 9.12. The molecule has 1 aliphatic carbocycles. The number of imidazole rings is 1. The van der Waals surface area contributed by atoms with Crippen molar-refractivity contribution < 1.29 is 14.3 Å². The minimum absolute atomic E-state index is 0.0437. The SMILES string of the molecule is COC(=O)Cc1c(-c2ccnc3nc(-c4cnn(C)c4)[nH]c23)ccnc1N1CCn2c(cc3c2CC(C)(C)C3)C1=O. The van der Waals surface area contributed by atoms with Crippen LogP contribution in [0.1, 0.15) is 41.2 Å². The summed E-state index contributed by atoms with van der Waals surface area (Å²) in [6.07, 6.45) is 8.85. The number of fused-ring (bicyclic) bond motifs is 4. The molecule has 0 fully saturated rings. The average Bonchev–Trinajstić information content (AvgIpc) is 3.71. The largest absolute Gasteiger partial charge is 0.469 e. The normalized spacial score (nSPS) is 15.8. The summed E-state index contributed by atoms with van der Waals surface area (Å²) in [5.41, 5.74) is 7.65. The van der Waals surface area contributed by atoms with E-state index < -0.39 is 5.97 Å². The maximum Gasteiger partial charge on any atom is 0.310 e. The molecule has 0 atom stereocenters. The summed E-state index contributed by atoms with van der Waals surface area (Å²) >= 11 is 0. The van der Waals surface area contributed by atoms with Crippen molar-refractivity contribution in [3.63, 3.8) is 0 Å². The van der Waals surface area contributed by atoms with E-state index in [0.29, 0.717) is 47.2 Å². The molecule has 7 rings (SSSR count). The molecular weight excluding hydrogens is 520 g/mol. The molecule has 0 bridgehead atoms. The summed E-state index contributed by atoms with van der Waals surface area (Å²) in [5.74, 6) is 0.572. The first kappa shape index (κ1) is 25.2. The van der Waals surface area contributed by atoms with Gasteiger partial charge in [0.05, 0.1) is 30.8 Å². The molecule has 0 saturated heterocycles. The van der Waals surface area contributed by atoms with E-state index >= 15 is 0 Å². The molecule has 208 valence electrons. The molecule has 5 aromatic heterocycles. The van der Waals surface area contributed by atoms with E-state index in [4.69, 9.17) is 4.74 Å². The summed E-state index contributed by atoms with van der Waals surface area (Å²) < 4.78 is 8.95. The standard InChI is InChI=1S/C30H30N8O3/c1-30(2)13-17-11-22-29(40)38(10-9-37(22)23(17)14-30)28-21(12-24(39)41-4)19(5-8-32-28)20-6-7-31-27-25(20)34-26(35-27)18-15-33-36(3)16-18/h5-8,11,15-16H,9-10,12-14H2,1-4H3,(H,31,34,35). The van der Waals surface area contributed by atoms with Gasteiger partial charge in [-0.1, -0.05) is 13.8 Å². The number of H-pyrrole nitrogens is 1. The molecule has 11 nitrogen and oxygen atoms in total. The molecular formula is C30H30N8O3. The van der Waals surface area contributed by atoms with Gasteiger partial charge in [-0.05, 0) is 47.6 Å². The lowest BCUT2D eigenvalue weighted by Crippen LogP contribution is -2.42. The number of amides is 1. The van der Waals surface area contributed by atoms with Crippen LogP contribution in [0.4, 0.5) is 5.82 Å². The molecule has 2 aliphatic rings. The highest BCUT2D eigenvalue weighted by Gasteiger charge is 2.37. The highest BCUT2D eigenvalue weighted by atomic mass is 16.5. The number of hydrogen-bond donors (Lipinski definition) is 1. The predicted molar refractivity (Wildman–Crippen MR) is 152 cm³/mol. The molecule has 41 heavy (non-hydrogen) atoms. The highest BCUT2D eigenvalue weighted by Crippen LogP contribution is 2.40. The quantitative estimate of drug-likeness (QED) is 0.331. The van der Waals surface area contributed by atoms with Gasteiger partial charge in [0.15, 0.2) is 5.65 Å². The molecule has 11 heteroatoms. The van der Waals surface area contributed by atoms with Gasteiger partial charge >= 0.3 is 5.97 Å². The molecule has 6 heterocycles. The molecule has 1 N–H and O–H groups in total. The third kappa shape index (κ3) is 4.11. The zero-order valence-corrected chi connectivity index (χ0v) is 23.4. The Kier molecular flexibility index (Phi) is 5.60. The fraction of sp³-hybridized carbons (Fsp3) is 0.333. The molecule has 1 amide bonds. The summed E-state index contributed by atoms with van der Waals surface area (Å²) in [4.78, 5) is 45.5. The monoisotopic (exact) mass is 550 g/mol. The number of carbonyl (C=O) groups excluding carboxylic acids is 2. The van der Waals surface area contributed by atoms with Crippen LogP contribution in [-0.4, -0.2) is 59.8 Å². The minimum atomic E-state index is -0.416. The van der Waals surface area contributed by atoms with Gasteiger partial charge in [-0.2, -0.15) is 5.10 Å². The second-order valence-corrected chi connectivity index (χ2v) is 11.6. The van der Waals surface area contributed by atoms with E-state index in [9.17, 15) is 9.59 Å². The van der Waals surface area contributed by atoms with Gasteiger partial charge < -0.3 is 14.3 Å². The molecule has 0 aromatic carbocycles. The van der Waals surface area contributed by atoms with Crippen molar-refractivity contribution in [1.29, 1.82) is 0 Å². The first-order valence-electron chi connectivity index (χ1n) is 13.6. The van der Waals surface area contributed by atoms with Crippen molar-refractivity contribution in [2.45, 2.75) is 39.7 Å². The Morgan fingerprint density at radius 2 is 1.93 bits per heavy atom. The lowest BCUT2D eigenvalue weighted by Gasteiger charge is -2.31. The lowest BCUT2D eigenvalue weighted by molar-refractivity contribution is -0.139. The summed E-state index contributed by atoms with van der Waals surface area (Å²) in [5, 5.41) is 4.25. The van der Waals surface area contributed by atoms with Crippen molar-refractivity contribution in [2.75, 3.05) is 18.6 Å². The van der Waals surface area contributed by atoms with Crippen molar-refractivity contribution in [3.8, 4) is 22.5 Å². The predicted octanol–water partition coefficient (Wildman–Crippen LogP) is 3.72. The highest BCUT2D eigenvalue weighted by molar-refractivity contribution is 6.07. The summed E-state index contributed by atoms with van der Waals surface area (Å²) in [6, 6.07) is 5.77. The van der Waals surface area contributed by atoms with Gasteiger partial charge in [-0.15, -0.1) is 0 Å². The number of methoxy groups -OCH3 is 1. The van der Waals surface area contributed by atoms with E-state index in [1.54, 1.807) is 28.2 Å². The molecule has 5 aromatic rings. The Labute approximate surface area is 236 Å². The molecule has 0 unspecified atom stereocenters. The van der Waals surface area contributed by atoms with E-state index in [0.717, 1.165) is 29.5 Å². The van der Waals surface area contributed by atoms with Crippen LogP contribution in [0.2, 0.25) is 0 Å². The van der Waals surface area contributed by atoms with Crippen LogP contribution in [0.15, 0.2) is 43.0 Å². The number of esters is 1. The lowest BCUT2D eigenvalue weighted by atomic mass is 9.90. The van der Waals surface area contributed by atoms with Gasteiger partial charge in [0, 0.05) is 55.5 Å². The fourth-order valence-corrected chi connectivity index (χ4v) is 6.29. The fourth-order valence-electron chi connectivity index (χ4n) is 6.29. The Bertz CT molecular complexity index is 1860. The maximum absolute atomic E-state index is 13.9. The molecule has 1 aliphatic heterocycles. The van der Waals surface area contributed by atoms with Crippen molar-refractivity contribution in [3.05, 3.63) is 65.5 Å². The van der Waals surface area contributed by atoms with Crippen molar-refractivity contribution in [1.82, 2.24) is 34.3 Å². The Morgan fingerprint density at radius 3 is 2.71 bits per heavy atom. The number of pyridine rings is 2. The third-order valence-electron chi connectivity index (χ3n) is 8.12. The minimum Gasteiger partial charge on any atom is -0.469 e. The number of carbonyl (C=O) groups is 2. The Morgan fingerprint density at radius 1 is 1.12 bits per heavy atom. The van der Waals surface area contributed by atoms with Gasteiger partial charge in [0.25, 0.3) is 5.91 Å². The number of nitrogens with one attached hydrogen (secondary N) is 1. The van der Waals surface area contributed by atoms with Crippen LogP contribution >= 0.6 is 0 Å². The van der Waals surface area contributed by atoms with Crippen LogP contribution in [0.3, 0.4) is 0 Å². The van der Waals surface area contributed by atoms with Gasteiger partial charge in [-0.25, -0.2) is 15.0 Å². The third-order valence-corrected chi connectivity index (χ3v) is 8.12. The molecule has 0 spiro atoms. The number of nitrogens with zero attached hydrogens (tertiary/aromatic N) is 7. The second-order valence-electron chi connectivity index (χ2n) is 11.6. The first-order valence-corrected chi connectivity index (χ1v) is 13.6. The first-order chi connectivity index (χ1) is 19.7. The number of rotatable bonds is 5. The average molecular weight is 551 g/mol. The van der Waals surface area contributed by atoms with Gasteiger partial charge in [0.2, 0.25) is 0 Å². The maximum atomic E-state index is 13.9. The number of ether oxygens (including phenoxy) is 1. The van der Waals surface area contributed by atoms with Gasteiger partial charge in [0.1, 0.15) is 17.3 Å². The Balaban J connectivity index is 1.34. The summed E-state index contributed by atoms with van der Waals surface area (Å²) in [7, 11) is 3.21. The van der Waals surface area contributed by atoms with Crippen LogP contribution in [0, 0.1) is 5.41 Å². The number of aryl methyl sites for hydroxylation is 1. The van der Waals surface area contributed by atoms with E-state index in [1.165, 1.54) is 18.4 Å². The van der Waals surface area contributed by atoms with Crippen LogP contribution in [0.5, 0.6) is 0 Å². The number of anilines is 1. The van der Waals surface area contributed by atoms with Crippen LogP contribution in [-0.2, 0) is 42.4 Å². The van der Waals surface area contributed by atoms with Crippen molar-refractivity contribution in [2.24, 2.45) is 12.5 Å². The van der Waals surface area contributed by atoms with E-state index in [2.05, 4.69) is 43.4 Å². The topological polar surface area (TPSA) is 124 Å². The van der Waals surface area contributed by atoms with E-state index in [-0.39, 0.29) is 17.7 Å². The number of hydrogen-bond acceptors (Lipinski definition) is 7. The smallest absolute Gasteiger partial charge is 0.310 e. The number of aromatic nitrogens is 7. The van der Waals surface area contributed by atoms with E-state index in [1.807, 2.05) is 31.4 Å².